The molecule has 11 nitrogen and oxygen atoms in total. The van der Waals surface area contributed by atoms with Gasteiger partial charge in [-0.05, 0) is 33.2 Å². The van der Waals surface area contributed by atoms with Gasteiger partial charge in [0.15, 0.2) is 0 Å². The summed E-state index contributed by atoms with van der Waals surface area (Å²) in [6, 6.07) is -2.18. The molecule has 0 radical (unpaired) electrons. The maximum atomic E-state index is 11.9. The molecule has 3 atom stereocenters. The van der Waals surface area contributed by atoms with Crippen molar-refractivity contribution in [2.45, 2.75) is 44.8 Å². The molecule has 1 aliphatic heterocycles. The predicted octanol–water partition coefficient (Wildman–Crippen LogP) is -2.94. The lowest BCUT2D eigenvalue weighted by atomic mass is 10.2. The average molecular weight is 371 g/mol. The SMILES string of the molecule is C[C@H](NC(=O)CNC(=O)CNC(=O)[C@H](C)NC(=O)[C@@H]1CCCN1)C(=O)O. The monoisotopic (exact) mass is 371 g/mol. The number of carbonyl (C=O) groups excluding carboxylic acids is 4. The first kappa shape index (κ1) is 21.4. The van der Waals surface area contributed by atoms with E-state index in [1.54, 1.807) is 0 Å². The van der Waals surface area contributed by atoms with E-state index in [-0.39, 0.29) is 18.5 Å². The van der Waals surface area contributed by atoms with Crippen molar-refractivity contribution in [3.05, 3.63) is 0 Å². The van der Waals surface area contributed by atoms with Crippen LogP contribution in [0.3, 0.4) is 0 Å². The Kier molecular flexibility index (Phi) is 8.49. The lowest BCUT2D eigenvalue weighted by molar-refractivity contribution is -0.141. The van der Waals surface area contributed by atoms with Crippen molar-refractivity contribution in [2.24, 2.45) is 0 Å². The molecule has 0 bridgehead atoms. The number of amides is 4. The average Bonchev–Trinajstić information content (AvgIpc) is 3.12. The molecule has 0 aliphatic carbocycles. The molecule has 1 aliphatic rings. The van der Waals surface area contributed by atoms with Crippen LogP contribution in [0.4, 0.5) is 0 Å². The molecule has 11 heteroatoms. The minimum absolute atomic E-state index is 0.265. The van der Waals surface area contributed by atoms with Gasteiger partial charge in [0.2, 0.25) is 23.6 Å². The second kappa shape index (κ2) is 10.3. The molecule has 146 valence electrons. The van der Waals surface area contributed by atoms with Crippen LogP contribution in [0.5, 0.6) is 0 Å². The quantitative estimate of drug-likeness (QED) is 0.252. The topological polar surface area (TPSA) is 166 Å². The predicted molar refractivity (Wildman–Crippen MR) is 89.9 cm³/mol. The van der Waals surface area contributed by atoms with Crippen LogP contribution in [0.1, 0.15) is 26.7 Å². The number of rotatable bonds is 9. The Morgan fingerprint density at radius 3 is 2.23 bits per heavy atom. The maximum absolute atomic E-state index is 11.9. The highest BCUT2D eigenvalue weighted by Crippen LogP contribution is 2.04. The summed E-state index contributed by atoms with van der Waals surface area (Å²) in [7, 11) is 0. The minimum Gasteiger partial charge on any atom is -0.480 e. The second-order valence-electron chi connectivity index (χ2n) is 6.00. The maximum Gasteiger partial charge on any atom is 0.325 e. The Morgan fingerprint density at radius 2 is 1.65 bits per heavy atom. The van der Waals surface area contributed by atoms with Gasteiger partial charge < -0.3 is 31.7 Å². The normalized spacial score (nSPS) is 18.3. The molecule has 0 unspecified atom stereocenters. The molecule has 4 amide bonds. The zero-order chi connectivity index (χ0) is 19.7. The third-order valence-electron chi connectivity index (χ3n) is 3.75. The molecular weight excluding hydrogens is 346 g/mol. The van der Waals surface area contributed by atoms with E-state index < -0.39 is 42.3 Å². The van der Waals surface area contributed by atoms with Gasteiger partial charge in [-0.15, -0.1) is 0 Å². The summed E-state index contributed by atoms with van der Waals surface area (Å²) in [4.78, 5) is 57.4. The first-order valence-corrected chi connectivity index (χ1v) is 8.31. The van der Waals surface area contributed by atoms with Gasteiger partial charge >= 0.3 is 5.97 Å². The van der Waals surface area contributed by atoms with Crippen LogP contribution in [0.15, 0.2) is 0 Å². The Bertz CT molecular complexity index is 561. The standard InChI is InChI=1S/C15H25N5O6/c1-8(20-14(24)10-4-3-5-16-10)13(23)18-6-11(21)17-7-12(22)19-9(2)15(25)26/h8-10,16H,3-7H2,1-2H3,(H,17,21)(H,18,23)(H,19,22)(H,20,24)(H,25,26)/t8-,9-,10-/m0/s1. The number of aliphatic carboxylic acids is 1. The van der Waals surface area contributed by atoms with E-state index in [0.29, 0.717) is 6.42 Å². The molecule has 0 spiro atoms. The van der Waals surface area contributed by atoms with Crippen LogP contribution in [0.25, 0.3) is 0 Å². The highest BCUT2D eigenvalue weighted by Gasteiger charge is 2.25. The molecule has 0 aromatic rings. The van der Waals surface area contributed by atoms with Crippen molar-refractivity contribution in [1.82, 2.24) is 26.6 Å². The fourth-order valence-corrected chi connectivity index (χ4v) is 2.20. The fourth-order valence-electron chi connectivity index (χ4n) is 2.20. The third kappa shape index (κ3) is 7.47. The molecular formula is C15H25N5O6. The van der Waals surface area contributed by atoms with Gasteiger partial charge in [-0.2, -0.15) is 0 Å². The van der Waals surface area contributed by atoms with Gasteiger partial charge in [-0.3, -0.25) is 24.0 Å². The first-order chi connectivity index (χ1) is 12.2. The fraction of sp³-hybridized carbons (Fsp3) is 0.667. The highest BCUT2D eigenvalue weighted by atomic mass is 16.4. The first-order valence-electron chi connectivity index (χ1n) is 8.31. The summed E-state index contributed by atoms with van der Waals surface area (Å²) in [5, 5.41) is 21.0. The lowest BCUT2D eigenvalue weighted by Gasteiger charge is -2.17. The second-order valence-corrected chi connectivity index (χ2v) is 6.00. The molecule has 26 heavy (non-hydrogen) atoms. The number of carbonyl (C=O) groups is 5. The van der Waals surface area contributed by atoms with Crippen LogP contribution in [-0.2, 0) is 24.0 Å². The largest absolute Gasteiger partial charge is 0.480 e. The highest BCUT2D eigenvalue weighted by molar-refractivity contribution is 5.92. The van der Waals surface area contributed by atoms with E-state index >= 15 is 0 Å². The number of carboxylic acids is 1. The minimum atomic E-state index is -1.19. The van der Waals surface area contributed by atoms with Crippen LogP contribution in [0.2, 0.25) is 0 Å². The zero-order valence-corrected chi connectivity index (χ0v) is 14.8. The van der Waals surface area contributed by atoms with Gasteiger partial charge in [0.25, 0.3) is 0 Å². The third-order valence-corrected chi connectivity index (χ3v) is 3.75. The van der Waals surface area contributed by atoms with Crippen LogP contribution >= 0.6 is 0 Å². The van der Waals surface area contributed by atoms with Gasteiger partial charge in [0.05, 0.1) is 19.1 Å². The van der Waals surface area contributed by atoms with Crippen molar-refractivity contribution in [3.63, 3.8) is 0 Å². The summed E-state index contributed by atoms with van der Waals surface area (Å²) in [6.07, 6.45) is 1.61. The van der Waals surface area contributed by atoms with Crippen molar-refractivity contribution in [2.75, 3.05) is 19.6 Å². The molecule has 0 aromatic carbocycles. The van der Waals surface area contributed by atoms with E-state index in [1.165, 1.54) is 13.8 Å². The van der Waals surface area contributed by atoms with Crippen LogP contribution in [-0.4, -0.2) is 72.5 Å². The van der Waals surface area contributed by atoms with Crippen LogP contribution < -0.4 is 26.6 Å². The van der Waals surface area contributed by atoms with Gasteiger partial charge in [0.1, 0.15) is 12.1 Å². The lowest BCUT2D eigenvalue weighted by Crippen LogP contribution is -2.51. The number of nitrogens with one attached hydrogen (secondary N) is 5. The van der Waals surface area contributed by atoms with E-state index in [0.717, 1.165) is 13.0 Å². The van der Waals surface area contributed by atoms with E-state index in [9.17, 15) is 24.0 Å². The molecule has 1 heterocycles. The molecule has 1 saturated heterocycles. The summed E-state index contributed by atoms with van der Waals surface area (Å²) < 4.78 is 0. The van der Waals surface area contributed by atoms with E-state index in [1.807, 2.05) is 0 Å². The van der Waals surface area contributed by atoms with E-state index in [4.69, 9.17) is 5.11 Å². The molecule has 0 aromatic heterocycles. The molecule has 1 rings (SSSR count). The number of hydrogen-bond acceptors (Lipinski definition) is 6. The van der Waals surface area contributed by atoms with Crippen LogP contribution in [0, 0.1) is 0 Å². The van der Waals surface area contributed by atoms with E-state index in [2.05, 4.69) is 26.6 Å². The Hall–Kier alpha value is -2.69. The summed E-state index contributed by atoms with van der Waals surface area (Å²) >= 11 is 0. The van der Waals surface area contributed by atoms with Crippen molar-refractivity contribution >= 4 is 29.6 Å². The number of hydrogen-bond donors (Lipinski definition) is 6. The Morgan fingerprint density at radius 1 is 1.00 bits per heavy atom. The smallest absolute Gasteiger partial charge is 0.325 e. The van der Waals surface area contributed by atoms with Crippen molar-refractivity contribution in [3.8, 4) is 0 Å². The molecule has 1 fully saturated rings. The zero-order valence-electron chi connectivity index (χ0n) is 14.8. The summed E-state index contributed by atoms with van der Waals surface area (Å²) in [5.74, 6) is -3.27. The molecule has 6 N–H and O–H groups in total. The van der Waals surface area contributed by atoms with Crippen molar-refractivity contribution < 1.29 is 29.1 Å². The van der Waals surface area contributed by atoms with Crippen molar-refractivity contribution in [1.29, 1.82) is 0 Å². The Labute approximate surface area is 150 Å². The summed E-state index contributed by atoms with van der Waals surface area (Å²) in [5.41, 5.74) is 0. The molecule has 0 saturated carbocycles. The van der Waals surface area contributed by atoms with Gasteiger partial charge in [-0.25, -0.2) is 0 Å². The van der Waals surface area contributed by atoms with Gasteiger partial charge in [-0.1, -0.05) is 0 Å². The number of carboxylic acid groups (broad SMARTS) is 1. The van der Waals surface area contributed by atoms with Gasteiger partial charge in [0, 0.05) is 0 Å². The summed E-state index contributed by atoms with van der Waals surface area (Å²) in [6.45, 7) is 2.77. The Balaban J connectivity index is 2.24.